The van der Waals surface area contributed by atoms with Crippen LogP contribution >= 0.6 is 11.3 Å². The third-order valence-corrected chi connectivity index (χ3v) is 2.87. The van der Waals surface area contributed by atoms with Crippen LogP contribution in [0.1, 0.15) is 13.8 Å². The number of carbonyl (C=O) groups excluding carboxylic acids is 1. The standard InChI is InChI=1S/C10H18N4OS/c1-7(2)4-12-9(15)6-14(3)10-13-5-8(11)16-10/h5,7H,4,6,11H2,1-3H3,(H,12,15). The molecule has 0 atom stereocenters. The van der Waals surface area contributed by atoms with E-state index < -0.39 is 0 Å². The second-order valence-corrected chi connectivity index (χ2v) is 5.14. The molecule has 6 heteroatoms. The van der Waals surface area contributed by atoms with Crippen molar-refractivity contribution >= 4 is 27.4 Å². The largest absolute Gasteiger partial charge is 0.389 e. The maximum atomic E-state index is 11.5. The first kappa shape index (κ1) is 12.8. The number of aromatic nitrogens is 1. The van der Waals surface area contributed by atoms with Gasteiger partial charge in [0.2, 0.25) is 5.91 Å². The van der Waals surface area contributed by atoms with Crippen molar-refractivity contribution in [3.63, 3.8) is 0 Å². The topological polar surface area (TPSA) is 71.2 Å². The molecule has 0 fully saturated rings. The van der Waals surface area contributed by atoms with E-state index in [0.29, 0.717) is 24.0 Å². The third kappa shape index (κ3) is 4.06. The molecule has 90 valence electrons. The van der Waals surface area contributed by atoms with Crippen LogP contribution in [0.4, 0.5) is 10.1 Å². The van der Waals surface area contributed by atoms with E-state index in [9.17, 15) is 4.79 Å². The number of nitrogens with one attached hydrogen (secondary N) is 1. The van der Waals surface area contributed by atoms with Crippen LogP contribution in [0, 0.1) is 5.92 Å². The van der Waals surface area contributed by atoms with E-state index in [1.54, 1.807) is 11.1 Å². The van der Waals surface area contributed by atoms with E-state index in [0.717, 1.165) is 5.13 Å². The summed E-state index contributed by atoms with van der Waals surface area (Å²) in [7, 11) is 1.83. The summed E-state index contributed by atoms with van der Waals surface area (Å²) in [5, 5.41) is 4.27. The molecular formula is C10H18N4OS. The summed E-state index contributed by atoms with van der Waals surface area (Å²) in [6.07, 6.45) is 1.60. The fourth-order valence-corrected chi connectivity index (χ4v) is 1.75. The number of amides is 1. The average Bonchev–Trinajstić information content (AvgIpc) is 2.62. The van der Waals surface area contributed by atoms with E-state index in [2.05, 4.69) is 24.1 Å². The summed E-state index contributed by atoms with van der Waals surface area (Å²) in [5.74, 6) is 0.467. The van der Waals surface area contributed by atoms with Crippen molar-refractivity contribution in [1.82, 2.24) is 10.3 Å². The van der Waals surface area contributed by atoms with Crippen LogP contribution in [-0.2, 0) is 4.79 Å². The molecule has 3 N–H and O–H groups in total. The second-order valence-electron chi connectivity index (χ2n) is 4.10. The molecule has 0 radical (unpaired) electrons. The Morgan fingerprint density at radius 2 is 2.38 bits per heavy atom. The highest BCUT2D eigenvalue weighted by Crippen LogP contribution is 2.22. The molecule has 0 spiro atoms. The van der Waals surface area contributed by atoms with Gasteiger partial charge in [-0.15, -0.1) is 0 Å². The lowest BCUT2D eigenvalue weighted by atomic mass is 10.2. The zero-order chi connectivity index (χ0) is 12.1. The van der Waals surface area contributed by atoms with E-state index in [-0.39, 0.29) is 5.91 Å². The average molecular weight is 242 g/mol. The molecule has 0 aliphatic heterocycles. The van der Waals surface area contributed by atoms with Crippen LogP contribution in [0.3, 0.4) is 0 Å². The summed E-state index contributed by atoms with van der Waals surface area (Å²) >= 11 is 1.37. The van der Waals surface area contributed by atoms with Crippen molar-refractivity contribution in [2.75, 3.05) is 30.8 Å². The summed E-state index contributed by atoms with van der Waals surface area (Å²) in [6, 6.07) is 0. The molecule has 0 bridgehead atoms. The Balaban J connectivity index is 2.39. The minimum atomic E-state index is 0.00460. The third-order valence-electron chi connectivity index (χ3n) is 1.93. The van der Waals surface area contributed by atoms with Crippen molar-refractivity contribution in [2.45, 2.75) is 13.8 Å². The number of nitrogen functional groups attached to an aromatic ring is 1. The number of nitrogens with zero attached hydrogens (tertiary/aromatic N) is 2. The Hall–Kier alpha value is -1.30. The first-order chi connectivity index (χ1) is 7.49. The van der Waals surface area contributed by atoms with Crippen LogP contribution in [0.5, 0.6) is 0 Å². The highest BCUT2D eigenvalue weighted by Gasteiger charge is 2.10. The molecule has 16 heavy (non-hydrogen) atoms. The molecule has 0 aromatic carbocycles. The van der Waals surface area contributed by atoms with Crippen molar-refractivity contribution < 1.29 is 4.79 Å². The lowest BCUT2D eigenvalue weighted by Gasteiger charge is -2.15. The van der Waals surface area contributed by atoms with Crippen LogP contribution in [0.25, 0.3) is 0 Å². The molecule has 1 rings (SSSR count). The Bertz CT molecular complexity index is 350. The predicted molar refractivity (Wildman–Crippen MR) is 67.6 cm³/mol. The van der Waals surface area contributed by atoms with Gasteiger partial charge in [0, 0.05) is 13.6 Å². The number of anilines is 2. The van der Waals surface area contributed by atoms with Crippen molar-refractivity contribution in [3.05, 3.63) is 6.20 Å². The number of nitrogens with two attached hydrogens (primary N) is 1. The van der Waals surface area contributed by atoms with Crippen molar-refractivity contribution in [2.24, 2.45) is 5.92 Å². The molecule has 0 aliphatic rings. The smallest absolute Gasteiger partial charge is 0.239 e. The van der Waals surface area contributed by atoms with Gasteiger partial charge in [0.15, 0.2) is 5.13 Å². The molecule has 1 aromatic rings. The van der Waals surface area contributed by atoms with E-state index in [1.165, 1.54) is 11.3 Å². The van der Waals surface area contributed by atoms with Crippen LogP contribution in [0.15, 0.2) is 6.20 Å². The second kappa shape index (κ2) is 5.69. The molecule has 1 heterocycles. The highest BCUT2D eigenvalue weighted by atomic mass is 32.1. The maximum Gasteiger partial charge on any atom is 0.239 e. The molecule has 5 nitrogen and oxygen atoms in total. The van der Waals surface area contributed by atoms with Gasteiger partial charge in [-0.05, 0) is 5.92 Å². The SMILES string of the molecule is CC(C)CNC(=O)CN(C)c1ncc(N)s1. The van der Waals surface area contributed by atoms with Crippen LogP contribution in [0.2, 0.25) is 0 Å². The maximum absolute atomic E-state index is 11.5. The fraction of sp³-hybridized carbons (Fsp3) is 0.600. The zero-order valence-corrected chi connectivity index (χ0v) is 10.7. The van der Waals surface area contributed by atoms with Gasteiger partial charge >= 0.3 is 0 Å². The summed E-state index contributed by atoms with van der Waals surface area (Å²) < 4.78 is 0. The Kier molecular flexibility index (Phi) is 4.54. The number of hydrogen-bond donors (Lipinski definition) is 2. The minimum Gasteiger partial charge on any atom is -0.389 e. The van der Waals surface area contributed by atoms with Crippen molar-refractivity contribution in [1.29, 1.82) is 0 Å². The number of hydrogen-bond acceptors (Lipinski definition) is 5. The monoisotopic (exact) mass is 242 g/mol. The quantitative estimate of drug-likeness (QED) is 0.806. The number of likely N-dealkylation sites (N-methyl/N-ethyl adjacent to an activating group) is 1. The summed E-state index contributed by atoms with van der Waals surface area (Å²) in [4.78, 5) is 17.4. The zero-order valence-electron chi connectivity index (χ0n) is 9.86. The van der Waals surface area contributed by atoms with E-state index in [1.807, 2.05) is 7.05 Å². The number of rotatable bonds is 5. The van der Waals surface area contributed by atoms with Crippen LogP contribution in [-0.4, -0.2) is 31.0 Å². The fourth-order valence-electron chi connectivity index (χ4n) is 1.11. The minimum absolute atomic E-state index is 0.00460. The molecule has 0 saturated carbocycles. The normalized spacial score (nSPS) is 10.5. The van der Waals surface area contributed by atoms with Gasteiger partial charge in [0.25, 0.3) is 0 Å². The lowest BCUT2D eigenvalue weighted by Crippen LogP contribution is -2.36. The van der Waals surface area contributed by atoms with Gasteiger partial charge in [-0.2, -0.15) is 0 Å². The molecule has 0 aliphatic carbocycles. The van der Waals surface area contributed by atoms with E-state index in [4.69, 9.17) is 5.73 Å². The van der Waals surface area contributed by atoms with Gasteiger partial charge in [0.05, 0.1) is 12.7 Å². The molecular weight excluding hydrogens is 224 g/mol. The summed E-state index contributed by atoms with van der Waals surface area (Å²) in [5.41, 5.74) is 5.57. The Morgan fingerprint density at radius 3 is 2.88 bits per heavy atom. The highest BCUT2D eigenvalue weighted by molar-refractivity contribution is 7.19. The Morgan fingerprint density at radius 1 is 1.69 bits per heavy atom. The van der Waals surface area contributed by atoms with Crippen molar-refractivity contribution in [3.8, 4) is 0 Å². The number of carbonyl (C=O) groups is 1. The number of thiazole rings is 1. The first-order valence-electron chi connectivity index (χ1n) is 5.18. The van der Waals surface area contributed by atoms with Gasteiger partial charge in [0.1, 0.15) is 5.00 Å². The summed E-state index contributed by atoms with van der Waals surface area (Å²) in [6.45, 7) is 5.13. The molecule has 1 amide bonds. The van der Waals surface area contributed by atoms with Crippen LogP contribution < -0.4 is 16.0 Å². The first-order valence-corrected chi connectivity index (χ1v) is 6.00. The Labute approximate surface area is 99.7 Å². The van der Waals surface area contributed by atoms with Gasteiger partial charge < -0.3 is 16.0 Å². The van der Waals surface area contributed by atoms with Gasteiger partial charge in [-0.25, -0.2) is 4.98 Å². The van der Waals surface area contributed by atoms with Gasteiger partial charge in [-0.3, -0.25) is 4.79 Å². The predicted octanol–water partition coefficient (Wildman–Crippen LogP) is 0.934. The molecule has 0 saturated heterocycles. The lowest BCUT2D eigenvalue weighted by molar-refractivity contribution is -0.119. The van der Waals surface area contributed by atoms with Gasteiger partial charge in [-0.1, -0.05) is 25.2 Å². The molecule has 0 unspecified atom stereocenters. The van der Waals surface area contributed by atoms with E-state index >= 15 is 0 Å². The molecule has 1 aromatic heterocycles.